The molecule has 4 heteroatoms. The summed E-state index contributed by atoms with van der Waals surface area (Å²) >= 11 is 3.92. The van der Waals surface area contributed by atoms with Gasteiger partial charge in [0.2, 0.25) is 0 Å². The van der Waals surface area contributed by atoms with Crippen molar-refractivity contribution < 1.29 is 0 Å². The lowest BCUT2D eigenvalue weighted by molar-refractivity contribution is 1.52. The van der Waals surface area contributed by atoms with Crippen LogP contribution in [-0.4, -0.2) is 5.08 Å². The van der Waals surface area contributed by atoms with Gasteiger partial charge in [-0.05, 0) is 59.8 Å². The van der Waals surface area contributed by atoms with Crippen LogP contribution < -0.4 is 31.8 Å². The van der Waals surface area contributed by atoms with Crippen molar-refractivity contribution in [2.45, 2.75) is 9.79 Å². The molecule has 6 aromatic carbocycles. The van der Waals surface area contributed by atoms with Crippen molar-refractivity contribution in [3.63, 3.8) is 0 Å². The highest BCUT2D eigenvalue weighted by atomic mass is 32.2. The molecule has 0 saturated heterocycles. The Balaban J connectivity index is 1.29. The van der Waals surface area contributed by atoms with Crippen LogP contribution in [0.25, 0.3) is 0 Å². The average molecular weight is 601 g/mol. The maximum Gasteiger partial charge on any atom is 0.0487 e. The largest absolute Gasteiger partial charge is 0.114 e. The van der Waals surface area contributed by atoms with E-state index in [4.69, 9.17) is 0 Å². The first-order valence-electron chi connectivity index (χ1n) is 13.6. The summed E-state index contributed by atoms with van der Waals surface area (Å²) in [5.41, 5.74) is 0. The van der Waals surface area contributed by atoms with Gasteiger partial charge in [-0.1, -0.05) is 158 Å². The molecule has 0 nitrogen and oxygen atoms in total. The zero-order chi connectivity index (χ0) is 27.7. The molecule has 0 fully saturated rings. The molecule has 0 heterocycles. The smallest absolute Gasteiger partial charge is 0.0487 e. The monoisotopic (exact) mass is 600 g/mol. The number of rotatable bonds is 10. The molecule has 0 aliphatic rings. The number of hydrogen-bond donors (Lipinski definition) is 0. The first kappa shape index (κ1) is 28.0. The summed E-state index contributed by atoms with van der Waals surface area (Å²) in [6.45, 7) is 0. The van der Waals surface area contributed by atoms with E-state index < -0.39 is 15.8 Å². The highest BCUT2D eigenvalue weighted by Crippen LogP contribution is 2.40. The quantitative estimate of drug-likeness (QED) is 0.0887. The predicted octanol–water partition coefficient (Wildman–Crippen LogP) is 8.04. The normalized spacial score (nSPS) is 11.2. The molecule has 0 saturated carbocycles. The minimum Gasteiger partial charge on any atom is -0.114 e. The minimum absolute atomic E-state index is 0.642. The Morgan fingerprint density at radius 2 is 0.585 bits per heavy atom. The van der Waals surface area contributed by atoms with E-state index in [0.29, 0.717) is 0 Å². The van der Waals surface area contributed by atoms with Crippen LogP contribution in [0.3, 0.4) is 0 Å². The van der Waals surface area contributed by atoms with Crippen molar-refractivity contribution >= 4 is 71.2 Å². The second-order valence-corrected chi connectivity index (χ2v) is 16.1. The summed E-state index contributed by atoms with van der Waals surface area (Å²) in [4.78, 5) is 2.73. The predicted molar refractivity (Wildman–Crippen MR) is 187 cm³/mol. The van der Waals surface area contributed by atoms with Crippen molar-refractivity contribution in [3.8, 4) is 0 Å². The summed E-state index contributed by atoms with van der Waals surface area (Å²) < 4.78 is 0. The Labute approximate surface area is 254 Å². The van der Waals surface area contributed by atoms with E-state index in [1.807, 2.05) is 23.5 Å². The third kappa shape index (κ3) is 6.86. The Hall–Kier alpha value is -3.12. The molecule has 41 heavy (non-hydrogen) atoms. The molecule has 0 spiro atoms. The second kappa shape index (κ2) is 14.2. The van der Waals surface area contributed by atoms with Crippen molar-refractivity contribution in [1.29, 1.82) is 0 Å². The van der Waals surface area contributed by atoms with Gasteiger partial charge in [0.15, 0.2) is 0 Å². The molecule has 0 amide bonds. The summed E-state index contributed by atoms with van der Waals surface area (Å²) in [6.07, 6.45) is 0. The molecular formula is C37H30P2S2. The SMILES string of the molecule is c1ccc(P(c2ccccc2)c2ccccc2SCSc2ccccc2P(c2ccccc2)c2ccccc2)cc1. The number of benzene rings is 6. The van der Waals surface area contributed by atoms with Gasteiger partial charge in [-0.3, -0.25) is 0 Å². The molecule has 0 aromatic heterocycles. The Morgan fingerprint density at radius 1 is 0.317 bits per heavy atom. The van der Waals surface area contributed by atoms with Gasteiger partial charge in [0.25, 0.3) is 0 Å². The summed E-state index contributed by atoms with van der Waals surface area (Å²) in [6, 6.07) is 61.9. The maximum absolute atomic E-state index is 2.33. The Kier molecular flexibility index (Phi) is 9.69. The lowest BCUT2D eigenvalue weighted by Gasteiger charge is -2.23. The van der Waals surface area contributed by atoms with Gasteiger partial charge in [-0.15, -0.1) is 23.5 Å². The zero-order valence-electron chi connectivity index (χ0n) is 22.6. The van der Waals surface area contributed by atoms with Gasteiger partial charge >= 0.3 is 0 Å². The van der Waals surface area contributed by atoms with Crippen LogP contribution in [0.1, 0.15) is 0 Å². The molecule has 0 N–H and O–H groups in total. The van der Waals surface area contributed by atoms with Crippen LogP contribution in [-0.2, 0) is 0 Å². The fraction of sp³-hybridized carbons (Fsp3) is 0.0270. The standard InChI is InChI=1S/C37H30P2S2/c1-5-17-30(18-6-1)38(31-19-7-2-8-20-31)34-25-13-15-27-36(34)40-29-41-37-28-16-14-26-35(37)39(32-21-9-3-10-22-32)33-23-11-4-12-24-33/h1-28H,29H2. The molecule has 0 aliphatic heterocycles. The van der Waals surface area contributed by atoms with Crippen molar-refractivity contribution in [2.75, 3.05) is 5.08 Å². The average Bonchev–Trinajstić information content (AvgIpc) is 3.05. The van der Waals surface area contributed by atoms with E-state index in [1.54, 1.807) is 0 Å². The molecule has 6 aromatic rings. The van der Waals surface area contributed by atoms with Crippen LogP contribution in [0.5, 0.6) is 0 Å². The molecule has 0 radical (unpaired) electrons. The molecular weight excluding hydrogens is 570 g/mol. The van der Waals surface area contributed by atoms with Crippen LogP contribution >= 0.6 is 39.4 Å². The fourth-order valence-electron chi connectivity index (χ4n) is 4.85. The van der Waals surface area contributed by atoms with E-state index in [2.05, 4.69) is 170 Å². The molecule has 0 aliphatic carbocycles. The summed E-state index contributed by atoms with van der Waals surface area (Å²) in [5.74, 6) is 0. The first-order chi connectivity index (χ1) is 20.4. The molecule has 6 rings (SSSR count). The highest BCUT2D eigenvalue weighted by Gasteiger charge is 2.21. The van der Waals surface area contributed by atoms with Crippen molar-refractivity contribution in [3.05, 3.63) is 170 Å². The second-order valence-electron chi connectivity index (χ2n) is 9.35. The van der Waals surface area contributed by atoms with Gasteiger partial charge in [0.1, 0.15) is 0 Å². The summed E-state index contributed by atoms with van der Waals surface area (Å²) in [7, 11) is -1.28. The maximum atomic E-state index is 2.33. The fourth-order valence-corrected chi connectivity index (χ4v) is 12.5. The number of thioether (sulfide) groups is 2. The van der Waals surface area contributed by atoms with Crippen LogP contribution in [0.4, 0.5) is 0 Å². The van der Waals surface area contributed by atoms with Gasteiger partial charge in [0.05, 0.1) is 0 Å². The zero-order valence-corrected chi connectivity index (χ0v) is 26.0. The highest BCUT2D eigenvalue weighted by molar-refractivity contribution is 8.16. The van der Waals surface area contributed by atoms with Gasteiger partial charge < -0.3 is 0 Å². The van der Waals surface area contributed by atoms with E-state index in [9.17, 15) is 0 Å². The summed E-state index contributed by atoms with van der Waals surface area (Å²) in [5, 5.41) is 9.34. The van der Waals surface area contributed by atoms with Crippen LogP contribution in [0.15, 0.2) is 180 Å². The molecule has 200 valence electrons. The van der Waals surface area contributed by atoms with Gasteiger partial charge in [0, 0.05) is 14.9 Å². The molecule has 0 atom stereocenters. The van der Waals surface area contributed by atoms with Crippen LogP contribution in [0, 0.1) is 0 Å². The van der Waals surface area contributed by atoms with Crippen molar-refractivity contribution in [2.24, 2.45) is 0 Å². The van der Waals surface area contributed by atoms with Crippen LogP contribution in [0.2, 0.25) is 0 Å². The topological polar surface area (TPSA) is 0 Å². The Bertz CT molecular complexity index is 1450. The number of hydrogen-bond acceptors (Lipinski definition) is 2. The van der Waals surface area contributed by atoms with E-state index >= 15 is 0 Å². The van der Waals surface area contributed by atoms with E-state index in [1.165, 1.54) is 41.6 Å². The Morgan fingerprint density at radius 3 is 0.902 bits per heavy atom. The lowest BCUT2D eigenvalue weighted by Crippen LogP contribution is -2.22. The minimum atomic E-state index is -0.642. The molecule has 0 unspecified atom stereocenters. The van der Waals surface area contributed by atoms with Crippen molar-refractivity contribution in [1.82, 2.24) is 0 Å². The van der Waals surface area contributed by atoms with E-state index in [-0.39, 0.29) is 0 Å². The van der Waals surface area contributed by atoms with E-state index in [0.717, 1.165) is 5.08 Å². The third-order valence-corrected chi connectivity index (χ3v) is 14.3. The van der Waals surface area contributed by atoms with Gasteiger partial charge in [-0.2, -0.15) is 0 Å². The third-order valence-electron chi connectivity index (χ3n) is 6.70. The van der Waals surface area contributed by atoms with Gasteiger partial charge in [-0.25, -0.2) is 0 Å². The molecule has 0 bridgehead atoms. The lowest BCUT2D eigenvalue weighted by atomic mass is 10.3. The first-order valence-corrected chi connectivity index (χ1v) is 18.3.